The minimum absolute atomic E-state index is 0. The topological polar surface area (TPSA) is 87.9 Å². The van der Waals surface area contributed by atoms with Crippen LogP contribution in [-0.2, 0) is 14.3 Å². The minimum Gasteiger partial charge on any atom is -0.380 e. The quantitative estimate of drug-likeness (QED) is 0.645. The number of carbonyl (C=O) groups is 2. The second kappa shape index (κ2) is 11.1. The molecule has 2 unspecified atom stereocenters. The summed E-state index contributed by atoms with van der Waals surface area (Å²) in [4.78, 5) is 28.2. The smallest absolute Gasteiger partial charge is 0.237 e. The van der Waals surface area contributed by atoms with Gasteiger partial charge in [-0.1, -0.05) is 0 Å². The summed E-state index contributed by atoms with van der Waals surface area (Å²) in [5.74, 6) is 0.178. The number of amides is 2. The molecule has 1 heterocycles. The van der Waals surface area contributed by atoms with Crippen LogP contribution in [0.2, 0.25) is 0 Å². The average Bonchev–Trinajstić information content (AvgIpc) is 3.35. The number of hydrogen-bond acceptors (Lipinski definition) is 5. The summed E-state index contributed by atoms with van der Waals surface area (Å²) in [6, 6.07) is 0.258. The lowest BCUT2D eigenvalue weighted by Gasteiger charge is -2.37. The van der Waals surface area contributed by atoms with E-state index in [0.29, 0.717) is 32.1 Å². The molecule has 3 N–H and O–H groups in total. The van der Waals surface area contributed by atoms with Crippen molar-refractivity contribution in [2.45, 2.75) is 44.4 Å². The van der Waals surface area contributed by atoms with Crippen molar-refractivity contribution in [3.05, 3.63) is 0 Å². The molecule has 2 atom stereocenters. The summed E-state index contributed by atoms with van der Waals surface area (Å²) >= 11 is 0. The molecule has 2 rings (SSSR count). The van der Waals surface area contributed by atoms with Crippen LogP contribution in [0.5, 0.6) is 0 Å². The third-order valence-electron chi connectivity index (χ3n) is 4.52. The summed E-state index contributed by atoms with van der Waals surface area (Å²) in [5.41, 5.74) is 5.55. The van der Waals surface area contributed by atoms with Crippen LogP contribution in [-0.4, -0.2) is 79.6 Å². The summed E-state index contributed by atoms with van der Waals surface area (Å²) < 4.78 is 5.16. The summed E-state index contributed by atoms with van der Waals surface area (Å²) in [5, 5.41) is 3.03. The minimum atomic E-state index is -0.214. The maximum atomic E-state index is 12.2. The summed E-state index contributed by atoms with van der Waals surface area (Å²) in [6.45, 7) is 5.05. The zero-order chi connectivity index (χ0) is 16.1. The van der Waals surface area contributed by atoms with Crippen molar-refractivity contribution in [2.24, 2.45) is 5.73 Å². The molecular formula is C15H30Cl2N4O3. The van der Waals surface area contributed by atoms with E-state index in [9.17, 15) is 9.59 Å². The maximum absolute atomic E-state index is 12.2. The predicted octanol–water partition coefficient (Wildman–Crippen LogP) is 0.00510. The van der Waals surface area contributed by atoms with Crippen LogP contribution in [0.3, 0.4) is 0 Å². The van der Waals surface area contributed by atoms with E-state index in [1.807, 2.05) is 11.8 Å². The highest BCUT2D eigenvalue weighted by Gasteiger charge is 2.31. The van der Waals surface area contributed by atoms with Gasteiger partial charge in [-0.05, 0) is 19.8 Å². The van der Waals surface area contributed by atoms with Gasteiger partial charge in [0.15, 0.2) is 0 Å². The SMILES string of the molecule is COC(CN)CC(=O)N1CCN(C(C)C(=O)NC2CC2)CC1.Cl.Cl. The van der Waals surface area contributed by atoms with Crippen LogP contribution in [0.25, 0.3) is 0 Å². The molecule has 0 aromatic carbocycles. The number of nitrogens with one attached hydrogen (secondary N) is 1. The number of piperazine rings is 1. The molecule has 2 fully saturated rings. The van der Waals surface area contributed by atoms with Crippen molar-refractivity contribution < 1.29 is 14.3 Å². The van der Waals surface area contributed by atoms with Gasteiger partial charge in [-0.25, -0.2) is 0 Å². The fourth-order valence-electron chi connectivity index (χ4n) is 2.66. The number of ether oxygens (including phenoxy) is 1. The van der Waals surface area contributed by atoms with Gasteiger partial charge in [0, 0.05) is 45.9 Å². The lowest BCUT2D eigenvalue weighted by molar-refractivity contribution is -0.136. The molecule has 9 heteroatoms. The Balaban J connectivity index is 0.00000264. The van der Waals surface area contributed by atoms with E-state index in [1.54, 1.807) is 7.11 Å². The van der Waals surface area contributed by atoms with Crippen LogP contribution in [0.1, 0.15) is 26.2 Å². The van der Waals surface area contributed by atoms with Gasteiger partial charge >= 0.3 is 0 Å². The van der Waals surface area contributed by atoms with E-state index in [-0.39, 0.29) is 48.8 Å². The second-order valence-electron chi connectivity index (χ2n) is 6.17. The van der Waals surface area contributed by atoms with E-state index in [1.165, 1.54) is 0 Å². The number of hydrogen-bond donors (Lipinski definition) is 2. The van der Waals surface area contributed by atoms with E-state index in [0.717, 1.165) is 25.9 Å². The zero-order valence-electron chi connectivity index (χ0n) is 14.4. The van der Waals surface area contributed by atoms with Gasteiger partial charge in [-0.2, -0.15) is 0 Å². The van der Waals surface area contributed by atoms with E-state index in [2.05, 4.69) is 10.2 Å². The van der Waals surface area contributed by atoms with Gasteiger partial charge in [0.05, 0.1) is 18.6 Å². The van der Waals surface area contributed by atoms with Crippen molar-refractivity contribution in [3.8, 4) is 0 Å². The van der Waals surface area contributed by atoms with Crippen LogP contribution >= 0.6 is 24.8 Å². The van der Waals surface area contributed by atoms with Crippen molar-refractivity contribution in [3.63, 3.8) is 0 Å². The molecule has 1 aliphatic heterocycles. The Morgan fingerprint density at radius 3 is 2.25 bits per heavy atom. The lowest BCUT2D eigenvalue weighted by Crippen LogP contribution is -2.55. The Kier molecular flexibility index (Phi) is 10.8. The molecule has 0 bridgehead atoms. The maximum Gasteiger partial charge on any atom is 0.237 e. The molecule has 1 saturated carbocycles. The van der Waals surface area contributed by atoms with Crippen molar-refractivity contribution in [1.29, 1.82) is 0 Å². The first kappa shape index (κ1) is 23.4. The van der Waals surface area contributed by atoms with Crippen molar-refractivity contribution >= 4 is 36.6 Å². The lowest BCUT2D eigenvalue weighted by atomic mass is 10.2. The van der Waals surface area contributed by atoms with Crippen LogP contribution < -0.4 is 11.1 Å². The van der Waals surface area contributed by atoms with Crippen LogP contribution in [0.15, 0.2) is 0 Å². The summed E-state index contributed by atoms with van der Waals surface area (Å²) in [6.07, 6.45) is 2.31. The molecule has 0 spiro atoms. The number of nitrogens with zero attached hydrogens (tertiary/aromatic N) is 2. The molecule has 0 aromatic rings. The normalized spacial score (nSPS) is 20.4. The molecule has 142 valence electrons. The van der Waals surface area contributed by atoms with E-state index >= 15 is 0 Å². The Bertz CT molecular complexity index is 398. The highest BCUT2D eigenvalue weighted by Crippen LogP contribution is 2.19. The largest absolute Gasteiger partial charge is 0.380 e. The van der Waals surface area contributed by atoms with Crippen LogP contribution in [0.4, 0.5) is 0 Å². The Labute approximate surface area is 156 Å². The third kappa shape index (κ3) is 6.72. The van der Waals surface area contributed by atoms with Crippen molar-refractivity contribution in [1.82, 2.24) is 15.1 Å². The highest BCUT2D eigenvalue weighted by molar-refractivity contribution is 5.85. The third-order valence-corrected chi connectivity index (χ3v) is 4.52. The molecule has 2 amide bonds. The number of nitrogens with two attached hydrogens (primary N) is 1. The van der Waals surface area contributed by atoms with Gasteiger partial charge < -0.3 is 20.7 Å². The zero-order valence-corrected chi connectivity index (χ0v) is 16.0. The van der Waals surface area contributed by atoms with Crippen molar-refractivity contribution in [2.75, 3.05) is 39.8 Å². The van der Waals surface area contributed by atoms with Gasteiger partial charge in [0.1, 0.15) is 0 Å². The summed E-state index contributed by atoms with van der Waals surface area (Å²) in [7, 11) is 1.57. The van der Waals surface area contributed by atoms with Gasteiger partial charge in [0.2, 0.25) is 11.8 Å². The van der Waals surface area contributed by atoms with E-state index < -0.39 is 0 Å². The fourth-order valence-corrected chi connectivity index (χ4v) is 2.66. The number of rotatable bonds is 7. The Morgan fingerprint density at radius 1 is 1.21 bits per heavy atom. The fraction of sp³-hybridized carbons (Fsp3) is 0.867. The van der Waals surface area contributed by atoms with Gasteiger partial charge in [-0.15, -0.1) is 24.8 Å². The molecule has 2 aliphatic rings. The first-order valence-electron chi connectivity index (χ1n) is 8.10. The predicted molar refractivity (Wildman–Crippen MR) is 97.7 cm³/mol. The second-order valence-corrected chi connectivity index (χ2v) is 6.17. The highest BCUT2D eigenvalue weighted by atomic mass is 35.5. The first-order valence-corrected chi connectivity index (χ1v) is 8.10. The Hall–Kier alpha value is -0.600. The number of methoxy groups -OCH3 is 1. The average molecular weight is 385 g/mol. The van der Waals surface area contributed by atoms with Gasteiger partial charge in [-0.3, -0.25) is 14.5 Å². The molecular weight excluding hydrogens is 355 g/mol. The molecule has 0 radical (unpaired) electrons. The van der Waals surface area contributed by atoms with E-state index in [4.69, 9.17) is 10.5 Å². The Morgan fingerprint density at radius 2 is 1.79 bits per heavy atom. The first-order chi connectivity index (χ1) is 10.5. The van der Waals surface area contributed by atoms with Gasteiger partial charge in [0.25, 0.3) is 0 Å². The molecule has 0 aromatic heterocycles. The molecule has 1 aliphatic carbocycles. The number of halogens is 2. The number of carbonyl (C=O) groups excluding carboxylic acids is 2. The molecule has 1 saturated heterocycles. The molecule has 7 nitrogen and oxygen atoms in total. The molecule has 24 heavy (non-hydrogen) atoms. The standard InChI is InChI=1S/C15H28N4O3.2ClH/c1-11(15(21)17-12-3-4-12)18-5-7-19(8-6-18)14(20)9-13(10-16)22-2;;/h11-13H,3-10,16H2,1-2H3,(H,17,21);2*1H. The monoisotopic (exact) mass is 384 g/mol. The van der Waals surface area contributed by atoms with Crippen LogP contribution in [0, 0.1) is 0 Å².